The third-order valence-electron chi connectivity index (χ3n) is 3.65. The minimum atomic E-state index is -0.508. The Morgan fingerprint density at radius 1 is 1.00 bits per heavy atom. The van der Waals surface area contributed by atoms with Crippen LogP contribution in [-0.2, 0) is 16.1 Å². The van der Waals surface area contributed by atoms with E-state index >= 15 is 0 Å². The van der Waals surface area contributed by atoms with Crippen LogP contribution in [0.2, 0.25) is 5.02 Å². The number of halogens is 2. The van der Waals surface area contributed by atoms with Crippen molar-refractivity contribution in [2.24, 2.45) is 0 Å². The maximum Gasteiger partial charge on any atom is 0.279 e. The maximum atomic E-state index is 12.6. The molecule has 3 rings (SSSR count). The molecule has 0 atom stereocenters. The van der Waals surface area contributed by atoms with Crippen LogP contribution in [0.4, 0.5) is 5.69 Å². The molecule has 0 fully saturated rings. The Balaban J connectivity index is 1.80. The normalized spacial score (nSPS) is 14.5. The largest absolute Gasteiger partial charge is 0.350 e. The van der Waals surface area contributed by atoms with E-state index in [4.69, 9.17) is 23.2 Å². The molecule has 0 aliphatic carbocycles. The van der Waals surface area contributed by atoms with E-state index in [0.29, 0.717) is 10.7 Å². The van der Waals surface area contributed by atoms with E-state index in [-0.39, 0.29) is 17.3 Å². The highest BCUT2D eigenvalue weighted by atomic mass is 35.5. The number of nitrogens with one attached hydrogen (secondary N) is 1. The monoisotopic (exact) mass is 360 g/mol. The lowest BCUT2D eigenvalue weighted by molar-refractivity contribution is -0.138. The molecule has 0 radical (unpaired) electrons. The summed E-state index contributed by atoms with van der Waals surface area (Å²) >= 11 is 11.9. The molecule has 2 aromatic rings. The molecule has 24 heavy (non-hydrogen) atoms. The minimum absolute atomic E-state index is 0.0984. The Morgan fingerprint density at radius 3 is 2.38 bits per heavy atom. The van der Waals surface area contributed by atoms with Gasteiger partial charge in [-0.2, -0.15) is 0 Å². The number of rotatable bonds is 4. The molecule has 1 N–H and O–H groups in total. The van der Waals surface area contributed by atoms with Crippen LogP contribution in [0, 0.1) is 6.92 Å². The van der Waals surface area contributed by atoms with Crippen LogP contribution < -0.4 is 5.32 Å². The molecule has 0 saturated carbocycles. The van der Waals surface area contributed by atoms with Gasteiger partial charge in [0.15, 0.2) is 0 Å². The van der Waals surface area contributed by atoms with Gasteiger partial charge in [-0.05, 0) is 42.3 Å². The SMILES string of the molecule is Cc1cccc(NC2=C(Cl)C(=O)N(Cc3ccc(Cl)cc3)C2=O)c1. The molecule has 1 heterocycles. The Bertz CT molecular complexity index is 844. The molecular weight excluding hydrogens is 347 g/mol. The number of nitrogens with zero attached hydrogens (tertiary/aromatic N) is 1. The van der Waals surface area contributed by atoms with Gasteiger partial charge in [0.2, 0.25) is 0 Å². The summed E-state index contributed by atoms with van der Waals surface area (Å²) in [6.45, 7) is 2.08. The van der Waals surface area contributed by atoms with Gasteiger partial charge in [-0.25, -0.2) is 0 Å². The molecule has 2 amide bonds. The van der Waals surface area contributed by atoms with E-state index in [2.05, 4.69) is 5.32 Å². The lowest BCUT2D eigenvalue weighted by Gasteiger charge is -2.15. The van der Waals surface area contributed by atoms with E-state index in [1.54, 1.807) is 24.3 Å². The lowest BCUT2D eigenvalue weighted by atomic mass is 10.2. The van der Waals surface area contributed by atoms with E-state index in [0.717, 1.165) is 16.0 Å². The Kier molecular flexibility index (Phi) is 4.60. The molecule has 2 aromatic carbocycles. The first-order chi connectivity index (χ1) is 11.5. The standard InChI is InChI=1S/C18H14Cl2N2O2/c1-11-3-2-4-14(9-11)21-16-15(20)17(23)22(18(16)24)10-12-5-7-13(19)8-6-12/h2-9,21H,10H2,1H3. The number of carbonyl (C=O) groups excluding carboxylic acids is 2. The number of hydrogen-bond acceptors (Lipinski definition) is 3. The Labute approximate surface area is 149 Å². The van der Waals surface area contributed by atoms with E-state index < -0.39 is 11.8 Å². The van der Waals surface area contributed by atoms with Gasteiger partial charge in [0.05, 0.1) is 6.54 Å². The van der Waals surface area contributed by atoms with Gasteiger partial charge in [-0.1, -0.05) is 47.5 Å². The van der Waals surface area contributed by atoms with Gasteiger partial charge >= 0.3 is 0 Å². The smallest absolute Gasteiger partial charge is 0.279 e. The van der Waals surface area contributed by atoms with Crippen molar-refractivity contribution in [1.82, 2.24) is 4.90 Å². The van der Waals surface area contributed by atoms with Crippen molar-refractivity contribution < 1.29 is 9.59 Å². The second kappa shape index (κ2) is 6.67. The van der Waals surface area contributed by atoms with Crippen molar-refractivity contribution in [1.29, 1.82) is 0 Å². The maximum absolute atomic E-state index is 12.6. The number of aryl methyl sites for hydroxylation is 1. The second-order valence-electron chi connectivity index (χ2n) is 5.51. The summed E-state index contributed by atoms with van der Waals surface area (Å²) in [7, 11) is 0. The fourth-order valence-corrected chi connectivity index (χ4v) is 2.79. The number of carbonyl (C=O) groups is 2. The quantitative estimate of drug-likeness (QED) is 0.835. The first-order valence-corrected chi connectivity index (χ1v) is 8.05. The number of hydrogen-bond donors (Lipinski definition) is 1. The first kappa shape index (κ1) is 16.6. The fraction of sp³-hybridized carbons (Fsp3) is 0.111. The van der Waals surface area contributed by atoms with Gasteiger partial charge < -0.3 is 5.32 Å². The van der Waals surface area contributed by atoms with Crippen LogP contribution in [0.15, 0.2) is 59.3 Å². The molecule has 0 unspecified atom stereocenters. The van der Waals surface area contributed by atoms with Gasteiger partial charge in [0.25, 0.3) is 11.8 Å². The zero-order chi connectivity index (χ0) is 17.3. The molecule has 6 heteroatoms. The van der Waals surface area contributed by atoms with Crippen LogP contribution in [0.5, 0.6) is 0 Å². The number of benzene rings is 2. The average Bonchev–Trinajstić information content (AvgIpc) is 2.75. The summed E-state index contributed by atoms with van der Waals surface area (Å²) < 4.78 is 0. The van der Waals surface area contributed by atoms with E-state index in [9.17, 15) is 9.59 Å². The van der Waals surface area contributed by atoms with Gasteiger partial charge in [0.1, 0.15) is 10.7 Å². The van der Waals surface area contributed by atoms with Crippen molar-refractivity contribution in [3.63, 3.8) is 0 Å². The van der Waals surface area contributed by atoms with Crippen molar-refractivity contribution in [2.75, 3.05) is 5.32 Å². The number of anilines is 1. The van der Waals surface area contributed by atoms with Gasteiger partial charge in [-0.15, -0.1) is 0 Å². The fourth-order valence-electron chi connectivity index (χ4n) is 2.44. The predicted molar refractivity (Wildman–Crippen MR) is 94.7 cm³/mol. The highest BCUT2D eigenvalue weighted by molar-refractivity contribution is 6.48. The summed E-state index contributed by atoms with van der Waals surface area (Å²) in [5.41, 5.74) is 2.63. The molecule has 0 saturated heterocycles. The van der Waals surface area contributed by atoms with Crippen LogP contribution in [0.1, 0.15) is 11.1 Å². The molecule has 4 nitrogen and oxygen atoms in total. The Morgan fingerprint density at radius 2 is 1.71 bits per heavy atom. The average molecular weight is 361 g/mol. The summed E-state index contributed by atoms with van der Waals surface area (Å²) in [6.07, 6.45) is 0. The minimum Gasteiger partial charge on any atom is -0.350 e. The molecule has 0 spiro atoms. The van der Waals surface area contributed by atoms with Crippen LogP contribution in [0.25, 0.3) is 0 Å². The van der Waals surface area contributed by atoms with Gasteiger partial charge in [-0.3, -0.25) is 14.5 Å². The second-order valence-corrected chi connectivity index (χ2v) is 6.32. The zero-order valence-electron chi connectivity index (χ0n) is 12.8. The molecule has 0 aromatic heterocycles. The molecule has 122 valence electrons. The van der Waals surface area contributed by atoms with Crippen molar-refractivity contribution in [2.45, 2.75) is 13.5 Å². The summed E-state index contributed by atoms with van der Waals surface area (Å²) in [4.78, 5) is 26.0. The zero-order valence-corrected chi connectivity index (χ0v) is 14.4. The summed E-state index contributed by atoms with van der Waals surface area (Å²) in [5.74, 6) is -0.951. The number of amides is 2. The molecule has 0 bridgehead atoms. The van der Waals surface area contributed by atoms with Crippen LogP contribution in [0.3, 0.4) is 0 Å². The topological polar surface area (TPSA) is 49.4 Å². The van der Waals surface area contributed by atoms with E-state index in [1.165, 1.54) is 0 Å². The van der Waals surface area contributed by atoms with Crippen molar-refractivity contribution >= 4 is 40.7 Å². The van der Waals surface area contributed by atoms with Gasteiger partial charge in [0, 0.05) is 10.7 Å². The van der Waals surface area contributed by atoms with Crippen LogP contribution >= 0.6 is 23.2 Å². The Hall–Kier alpha value is -2.30. The third-order valence-corrected chi connectivity index (χ3v) is 4.26. The summed E-state index contributed by atoms with van der Waals surface area (Å²) in [6, 6.07) is 14.4. The van der Waals surface area contributed by atoms with Crippen molar-refractivity contribution in [3.05, 3.63) is 75.4 Å². The third kappa shape index (κ3) is 3.30. The highest BCUT2D eigenvalue weighted by Gasteiger charge is 2.37. The highest BCUT2D eigenvalue weighted by Crippen LogP contribution is 2.27. The summed E-state index contributed by atoms with van der Waals surface area (Å²) in [5, 5.41) is 3.44. The van der Waals surface area contributed by atoms with Crippen molar-refractivity contribution in [3.8, 4) is 0 Å². The number of imide groups is 1. The molecule has 1 aliphatic rings. The molecular formula is C18H14Cl2N2O2. The predicted octanol–water partition coefficient (Wildman–Crippen LogP) is 4.08. The first-order valence-electron chi connectivity index (χ1n) is 7.30. The molecule has 1 aliphatic heterocycles. The van der Waals surface area contributed by atoms with Crippen LogP contribution in [-0.4, -0.2) is 16.7 Å². The lowest BCUT2D eigenvalue weighted by Crippen LogP contribution is -2.31. The van der Waals surface area contributed by atoms with E-state index in [1.807, 2.05) is 31.2 Å².